The normalized spacial score (nSPS) is 19.6. The summed E-state index contributed by atoms with van der Waals surface area (Å²) >= 11 is 0. The van der Waals surface area contributed by atoms with E-state index in [2.05, 4.69) is 5.32 Å². The van der Waals surface area contributed by atoms with E-state index in [1.165, 1.54) is 23.5 Å². The number of hydrogen-bond donors (Lipinski definition) is 1. The Morgan fingerprint density at radius 1 is 1.16 bits per heavy atom. The van der Waals surface area contributed by atoms with Gasteiger partial charge >= 0.3 is 0 Å². The second kappa shape index (κ2) is 8.76. The predicted molar refractivity (Wildman–Crippen MR) is 114 cm³/mol. The van der Waals surface area contributed by atoms with Crippen molar-refractivity contribution in [3.05, 3.63) is 48.0 Å². The van der Waals surface area contributed by atoms with Crippen LogP contribution in [0.2, 0.25) is 0 Å². The number of benzene rings is 2. The highest BCUT2D eigenvalue weighted by Crippen LogP contribution is 2.34. The Bertz CT molecular complexity index is 1050. The number of amides is 1. The summed E-state index contributed by atoms with van der Waals surface area (Å²) in [5.41, 5.74) is 0.899. The standard InChI is InChI=1S/C22H26N2O6S/c1-15(16-5-10-20-21(12-16)30-14-29-20)23-22(25)17-4-3-11-24(13-17)31(26,27)19-8-6-18(28-2)7-9-19/h5-10,12,15,17H,3-4,11,13-14H2,1-2H3,(H,23,25). The van der Waals surface area contributed by atoms with Gasteiger partial charge in [0.15, 0.2) is 11.5 Å². The predicted octanol–water partition coefficient (Wildman–Crippen LogP) is 2.70. The lowest BCUT2D eigenvalue weighted by atomic mass is 9.98. The molecule has 0 radical (unpaired) electrons. The number of methoxy groups -OCH3 is 1. The van der Waals surface area contributed by atoms with Crippen LogP contribution in [0.25, 0.3) is 0 Å². The molecule has 166 valence electrons. The number of hydrogen-bond acceptors (Lipinski definition) is 6. The van der Waals surface area contributed by atoms with Gasteiger partial charge < -0.3 is 19.5 Å². The van der Waals surface area contributed by atoms with Crippen LogP contribution in [0.1, 0.15) is 31.4 Å². The molecule has 1 fully saturated rings. The fourth-order valence-corrected chi connectivity index (χ4v) is 5.39. The minimum Gasteiger partial charge on any atom is -0.497 e. The van der Waals surface area contributed by atoms with Crippen LogP contribution >= 0.6 is 0 Å². The zero-order valence-corrected chi connectivity index (χ0v) is 18.4. The second-order valence-electron chi connectivity index (χ2n) is 7.72. The quantitative estimate of drug-likeness (QED) is 0.733. The van der Waals surface area contributed by atoms with E-state index < -0.39 is 15.9 Å². The van der Waals surface area contributed by atoms with Crippen molar-refractivity contribution in [2.75, 3.05) is 27.0 Å². The van der Waals surface area contributed by atoms with E-state index in [4.69, 9.17) is 14.2 Å². The number of sulfonamides is 1. The summed E-state index contributed by atoms with van der Waals surface area (Å²) in [7, 11) is -2.14. The van der Waals surface area contributed by atoms with Crippen molar-refractivity contribution in [3.63, 3.8) is 0 Å². The van der Waals surface area contributed by atoms with Gasteiger partial charge in [-0.05, 0) is 61.7 Å². The number of carbonyl (C=O) groups excluding carboxylic acids is 1. The molecule has 1 amide bonds. The average Bonchev–Trinajstić information content (AvgIpc) is 3.27. The van der Waals surface area contributed by atoms with Crippen molar-refractivity contribution in [2.24, 2.45) is 5.92 Å². The van der Waals surface area contributed by atoms with Crippen LogP contribution in [0, 0.1) is 5.92 Å². The first-order valence-corrected chi connectivity index (χ1v) is 11.7. The topological polar surface area (TPSA) is 94.2 Å². The third-order valence-electron chi connectivity index (χ3n) is 5.71. The van der Waals surface area contributed by atoms with Gasteiger partial charge in [0.2, 0.25) is 22.7 Å². The third-order valence-corrected chi connectivity index (χ3v) is 7.59. The van der Waals surface area contributed by atoms with Gasteiger partial charge in [-0.3, -0.25) is 4.79 Å². The number of nitrogens with one attached hydrogen (secondary N) is 1. The summed E-state index contributed by atoms with van der Waals surface area (Å²) in [6.45, 7) is 2.65. The molecule has 2 aromatic rings. The van der Waals surface area contributed by atoms with Gasteiger partial charge in [-0.1, -0.05) is 6.07 Å². The molecule has 0 bridgehead atoms. The third kappa shape index (κ3) is 4.47. The maximum absolute atomic E-state index is 13.0. The molecule has 4 rings (SSSR count). The van der Waals surface area contributed by atoms with Crippen LogP contribution < -0.4 is 19.5 Å². The zero-order chi connectivity index (χ0) is 22.0. The Labute approximate surface area is 182 Å². The van der Waals surface area contributed by atoms with Crippen molar-refractivity contribution < 1.29 is 27.4 Å². The minimum atomic E-state index is -3.67. The van der Waals surface area contributed by atoms with Gasteiger partial charge in [0.25, 0.3) is 0 Å². The van der Waals surface area contributed by atoms with Gasteiger partial charge in [-0.15, -0.1) is 0 Å². The van der Waals surface area contributed by atoms with Crippen LogP contribution in [0.5, 0.6) is 17.2 Å². The first-order chi connectivity index (χ1) is 14.9. The summed E-state index contributed by atoms with van der Waals surface area (Å²) < 4.78 is 43.3. The van der Waals surface area contributed by atoms with E-state index in [-0.39, 0.29) is 30.2 Å². The van der Waals surface area contributed by atoms with Crippen LogP contribution in [0.3, 0.4) is 0 Å². The molecule has 0 saturated carbocycles. The molecular formula is C22H26N2O6S. The van der Waals surface area contributed by atoms with Crippen molar-refractivity contribution in [2.45, 2.75) is 30.7 Å². The molecule has 1 N–H and O–H groups in total. The molecule has 31 heavy (non-hydrogen) atoms. The number of carbonyl (C=O) groups is 1. The number of nitrogens with zero attached hydrogens (tertiary/aromatic N) is 1. The van der Waals surface area contributed by atoms with Crippen LogP contribution in [0.4, 0.5) is 0 Å². The second-order valence-corrected chi connectivity index (χ2v) is 9.66. The maximum Gasteiger partial charge on any atom is 0.243 e. The van der Waals surface area contributed by atoms with E-state index >= 15 is 0 Å². The molecule has 2 unspecified atom stereocenters. The molecule has 0 aromatic heterocycles. The highest BCUT2D eigenvalue weighted by atomic mass is 32.2. The lowest BCUT2D eigenvalue weighted by molar-refractivity contribution is -0.126. The first-order valence-electron chi connectivity index (χ1n) is 10.2. The Morgan fingerprint density at radius 2 is 1.90 bits per heavy atom. The Balaban J connectivity index is 1.42. The summed E-state index contributed by atoms with van der Waals surface area (Å²) in [6.07, 6.45) is 1.28. The van der Waals surface area contributed by atoms with Crippen LogP contribution in [-0.4, -0.2) is 45.6 Å². The lowest BCUT2D eigenvalue weighted by Crippen LogP contribution is -2.45. The fourth-order valence-electron chi connectivity index (χ4n) is 3.87. The number of fused-ring (bicyclic) bond motifs is 1. The summed E-state index contributed by atoms with van der Waals surface area (Å²) in [5, 5.41) is 3.01. The summed E-state index contributed by atoms with van der Waals surface area (Å²) in [6, 6.07) is 11.6. The molecule has 2 aliphatic heterocycles. The molecule has 2 aliphatic rings. The minimum absolute atomic E-state index is 0.153. The first kappa shape index (κ1) is 21.5. The van der Waals surface area contributed by atoms with Crippen LogP contribution in [0.15, 0.2) is 47.4 Å². The smallest absolute Gasteiger partial charge is 0.243 e. The van der Waals surface area contributed by atoms with Crippen molar-refractivity contribution in [1.29, 1.82) is 0 Å². The van der Waals surface area contributed by atoms with Gasteiger partial charge in [0.1, 0.15) is 5.75 Å². The van der Waals surface area contributed by atoms with Crippen molar-refractivity contribution >= 4 is 15.9 Å². The molecular weight excluding hydrogens is 420 g/mol. The molecule has 0 aliphatic carbocycles. The van der Waals surface area contributed by atoms with E-state index in [1.54, 1.807) is 12.1 Å². The van der Waals surface area contributed by atoms with E-state index in [9.17, 15) is 13.2 Å². The summed E-state index contributed by atoms with van der Waals surface area (Å²) in [4.78, 5) is 13.1. The zero-order valence-electron chi connectivity index (χ0n) is 17.5. The average molecular weight is 447 g/mol. The number of ether oxygens (including phenoxy) is 3. The lowest BCUT2D eigenvalue weighted by Gasteiger charge is -2.32. The van der Waals surface area contributed by atoms with E-state index in [1.807, 2.05) is 25.1 Å². The van der Waals surface area contributed by atoms with Gasteiger partial charge in [-0.25, -0.2) is 8.42 Å². The van der Waals surface area contributed by atoms with Gasteiger partial charge in [0, 0.05) is 13.1 Å². The molecule has 8 nitrogen and oxygen atoms in total. The number of piperidine rings is 1. The molecule has 0 spiro atoms. The molecule has 1 saturated heterocycles. The highest BCUT2D eigenvalue weighted by Gasteiger charge is 2.33. The van der Waals surface area contributed by atoms with Crippen molar-refractivity contribution in [3.8, 4) is 17.2 Å². The number of rotatable bonds is 6. The van der Waals surface area contributed by atoms with Crippen LogP contribution in [-0.2, 0) is 14.8 Å². The molecule has 2 aromatic carbocycles. The van der Waals surface area contributed by atoms with E-state index in [0.29, 0.717) is 36.6 Å². The molecule has 9 heteroatoms. The monoisotopic (exact) mass is 446 g/mol. The Kier molecular flexibility index (Phi) is 6.06. The fraction of sp³-hybridized carbons (Fsp3) is 0.409. The Hall–Kier alpha value is -2.78. The van der Waals surface area contributed by atoms with Crippen molar-refractivity contribution in [1.82, 2.24) is 9.62 Å². The Morgan fingerprint density at radius 3 is 2.65 bits per heavy atom. The molecule has 2 atom stereocenters. The van der Waals surface area contributed by atoms with Gasteiger partial charge in [0.05, 0.1) is 24.0 Å². The SMILES string of the molecule is COc1ccc(S(=O)(=O)N2CCCC(C(=O)NC(C)c3ccc4c(c3)OCO4)C2)cc1. The highest BCUT2D eigenvalue weighted by molar-refractivity contribution is 7.89. The van der Waals surface area contributed by atoms with Gasteiger partial charge in [-0.2, -0.15) is 4.31 Å². The van der Waals surface area contributed by atoms with E-state index in [0.717, 1.165) is 5.56 Å². The maximum atomic E-state index is 13.0. The largest absolute Gasteiger partial charge is 0.497 e. The summed E-state index contributed by atoms with van der Waals surface area (Å²) in [5.74, 6) is 1.38. The molecule has 2 heterocycles.